The molecule has 1 aliphatic rings. The average Bonchev–Trinajstić information content (AvgIpc) is 3.11. The fourth-order valence-electron chi connectivity index (χ4n) is 2.01. The molecule has 0 radical (unpaired) electrons. The molecule has 0 aromatic heterocycles. The number of hydrogen-bond acceptors (Lipinski definition) is 3. The topological polar surface area (TPSA) is 55.2 Å². The molecule has 1 aromatic carbocycles. The largest absolute Gasteiger partial charge is 0.382 e. The highest BCUT2D eigenvalue weighted by Gasteiger charge is 2.30. The Balaban J connectivity index is 2.15. The maximum atomic E-state index is 10.8. The Morgan fingerprint density at radius 1 is 1.59 bits per heavy atom. The van der Waals surface area contributed by atoms with Crippen molar-refractivity contribution < 1.29 is 4.92 Å². The van der Waals surface area contributed by atoms with Crippen LogP contribution in [-0.2, 0) is 0 Å². The van der Waals surface area contributed by atoms with Crippen LogP contribution in [0, 0.1) is 16.0 Å². The Morgan fingerprint density at radius 3 is 2.82 bits per heavy atom. The first-order valence-electron chi connectivity index (χ1n) is 5.82. The third-order valence-electron chi connectivity index (χ3n) is 3.13. The second kappa shape index (κ2) is 5.04. The predicted molar refractivity (Wildman–Crippen MR) is 71.2 cm³/mol. The van der Waals surface area contributed by atoms with Gasteiger partial charge >= 0.3 is 0 Å². The molecule has 1 saturated carbocycles. The lowest BCUT2D eigenvalue weighted by atomic mass is 10.1. The summed E-state index contributed by atoms with van der Waals surface area (Å²) in [5.74, 6) is 0.739. The predicted octanol–water partition coefficient (Wildman–Crippen LogP) is 3.96. The van der Waals surface area contributed by atoms with Crippen molar-refractivity contribution >= 4 is 27.3 Å². The van der Waals surface area contributed by atoms with E-state index in [4.69, 9.17) is 0 Å². The Labute approximate surface area is 109 Å². The van der Waals surface area contributed by atoms with Crippen LogP contribution in [0.1, 0.15) is 26.2 Å². The van der Waals surface area contributed by atoms with Gasteiger partial charge in [0.15, 0.2) is 0 Å². The molecule has 1 N–H and O–H groups in total. The number of benzene rings is 1. The van der Waals surface area contributed by atoms with Crippen LogP contribution in [0.25, 0.3) is 0 Å². The summed E-state index contributed by atoms with van der Waals surface area (Å²) in [5, 5.41) is 14.2. The molecule has 0 bridgehead atoms. The maximum Gasteiger partial charge on any atom is 0.285 e. The molecule has 1 aromatic rings. The van der Waals surface area contributed by atoms with E-state index in [1.165, 1.54) is 12.8 Å². The van der Waals surface area contributed by atoms with Crippen LogP contribution >= 0.6 is 15.9 Å². The van der Waals surface area contributed by atoms with Gasteiger partial charge in [0, 0.05) is 17.8 Å². The maximum absolute atomic E-state index is 10.8. The average molecular weight is 299 g/mol. The highest BCUT2D eigenvalue weighted by Crippen LogP contribution is 2.36. The first-order chi connectivity index (χ1) is 8.11. The van der Waals surface area contributed by atoms with Gasteiger partial charge in [0.05, 0.1) is 9.40 Å². The van der Waals surface area contributed by atoms with Gasteiger partial charge in [0.1, 0.15) is 0 Å². The number of nitrogens with one attached hydrogen (secondary N) is 1. The highest BCUT2D eigenvalue weighted by atomic mass is 79.9. The molecule has 0 spiro atoms. The molecule has 0 heterocycles. The van der Waals surface area contributed by atoms with Gasteiger partial charge in [-0.2, -0.15) is 0 Å². The molecule has 0 amide bonds. The number of nitrogens with zero attached hydrogens (tertiary/aromatic N) is 1. The molecule has 0 aliphatic heterocycles. The molecule has 1 atom stereocenters. The summed E-state index contributed by atoms with van der Waals surface area (Å²) >= 11 is 3.19. The van der Waals surface area contributed by atoms with Crippen LogP contribution in [0.4, 0.5) is 11.4 Å². The van der Waals surface area contributed by atoms with Crippen molar-refractivity contribution in [3.63, 3.8) is 0 Å². The SMILES string of the molecule is CCC(Nc1ccc(Br)c([N+](=O)[O-])c1)C1CC1. The van der Waals surface area contributed by atoms with Gasteiger partial charge < -0.3 is 5.32 Å². The van der Waals surface area contributed by atoms with Crippen LogP contribution in [0.5, 0.6) is 0 Å². The number of nitro groups is 1. The van der Waals surface area contributed by atoms with Crippen molar-refractivity contribution in [2.45, 2.75) is 32.2 Å². The van der Waals surface area contributed by atoms with Crippen LogP contribution < -0.4 is 5.32 Å². The fraction of sp³-hybridized carbons (Fsp3) is 0.500. The Morgan fingerprint density at radius 2 is 2.29 bits per heavy atom. The van der Waals surface area contributed by atoms with E-state index in [-0.39, 0.29) is 10.6 Å². The number of anilines is 1. The number of nitro benzene ring substituents is 1. The van der Waals surface area contributed by atoms with Crippen molar-refractivity contribution in [1.82, 2.24) is 0 Å². The second-order valence-corrected chi connectivity index (χ2v) is 5.27. The van der Waals surface area contributed by atoms with E-state index >= 15 is 0 Å². The van der Waals surface area contributed by atoms with Crippen molar-refractivity contribution in [1.29, 1.82) is 0 Å². The third kappa shape index (κ3) is 2.97. The monoisotopic (exact) mass is 298 g/mol. The summed E-state index contributed by atoms with van der Waals surface area (Å²) in [6.45, 7) is 2.14. The molecule has 2 rings (SSSR count). The van der Waals surface area contributed by atoms with Gasteiger partial charge in [-0.1, -0.05) is 6.92 Å². The normalized spacial score (nSPS) is 16.6. The van der Waals surface area contributed by atoms with Crippen LogP contribution in [0.2, 0.25) is 0 Å². The Bertz CT molecular complexity index is 433. The summed E-state index contributed by atoms with van der Waals surface area (Å²) in [6, 6.07) is 5.63. The van der Waals surface area contributed by atoms with E-state index in [2.05, 4.69) is 28.2 Å². The van der Waals surface area contributed by atoms with Crippen LogP contribution in [0.3, 0.4) is 0 Å². The van der Waals surface area contributed by atoms with Gasteiger partial charge in [0.2, 0.25) is 0 Å². The minimum atomic E-state index is -0.368. The van der Waals surface area contributed by atoms with Gasteiger partial charge in [-0.25, -0.2) is 0 Å². The van der Waals surface area contributed by atoms with Crippen LogP contribution in [0.15, 0.2) is 22.7 Å². The summed E-state index contributed by atoms with van der Waals surface area (Å²) in [6.07, 6.45) is 3.59. The lowest BCUT2D eigenvalue weighted by Crippen LogP contribution is -2.20. The van der Waals surface area contributed by atoms with E-state index in [0.29, 0.717) is 10.5 Å². The summed E-state index contributed by atoms with van der Waals surface area (Å²) in [4.78, 5) is 10.5. The van der Waals surface area contributed by atoms with E-state index in [0.717, 1.165) is 18.0 Å². The lowest BCUT2D eigenvalue weighted by molar-refractivity contribution is -0.385. The molecule has 1 unspecified atom stereocenters. The Hall–Kier alpha value is -1.10. The van der Waals surface area contributed by atoms with Crippen molar-refractivity contribution in [3.8, 4) is 0 Å². The molecule has 5 heteroatoms. The highest BCUT2D eigenvalue weighted by molar-refractivity contribution is 9.10. The Kier molecular flexibility index (Phi) is 3.66. The smallest absolute Gasteiger partial charge is 0.285 e. The van der Waals surface area contributed by atoms with Crippen molar-refractivity contribution in [3.05, 3.63) is 32.8 Å². The lowest BCUT2D eigenvalue weighted by Gasteiger charge is -2.17. The molecule has 1 aliphatic carbocycles. The molecule has 1 fully saturated rings. The van der Waals surface area contributed by atoms with Crippen molar-refractivity contribution in [2.75, 3.05) is 5.32 Å². The van der Waals surface area contributed by atoms with E-state index in [1.54, 1.807) is 12.1 Å². The fourth-order valence-corrected chi connectivity index (χ4v) is 2.40. The van der Waals surface area contributed by atoms with Crippen LogP contribution in [-0.4, -0.2) is 11.0 Å². The molecule has 17 heavy (non-hydrogen) atoms. The zero-order valence-corrected chi connectivity index (χ0v) is 11.2. The molecular formula is C12H15BrN2O2. The van der Waals surface area contributed by atoms with E-state index < -0.39 is 0 Å². The van der Waals surface area contributed by atoms with Gasteiger partial charge in [0.25, 0.3) is 5.69 Å². The molecule has 4 nitrogen and oxygen atoms in total. The number of halogens is 1. The first kappa shape index (κ1) is 12.4. The van der Waals surface area contributed by atoms with Gasteiger partial charge in [-0.3, -0.25) is 10.1 Å². The molecule has 92 valence electrons. The summed E-state index contributed by atoms with van der Waals surface area (Å²) < 4.78 is 0.521. The number of rotatable bonds is 5. The number of hydrogen-bond donors (Lipinski definition) is 1. The first-order valence-corrected chi connectivity index (χ1v) is 6.61. The van der Waals surface area contributed by atoms with E-state index in [1.807, 2.05) is 6.07 Å². The van der Waals surface area contributed by atoms with Crippen molar-refractivity contribution in [2.24, 2.45) is 5.92 Å². The third-order valence-corrected chi connectivity index (χ3v) is 3.80. The standard InChI is InChI=1S/C12H15BrN2O2/c1-2-11(8-3-4-8)14-9-5-6-10(13)12(7-9)15(16)17/h5-8,11,14H,2-4H2,1H3. The zero-order chi connectivity index (χ0) is 12.4. The summed E-state index contributed by atoms with van der Waals surface area (Å²) in [5.41, 5.74) is 0.944. The van der Waals surface area contributed by atoms with E-state index in [9.17, 15) is 10.1 Å². The molecular weight excluding hydrogens is 284 g/mol. The van der Waals surface area contributed by atoms with Gasteiger partial charge in [-0.05, 0) is 53.2 Å². The van der Waals surface area contributed by atoms with Gasteiger partial charge in [-0.15, -0.1) is 0 Å². The minimum absolute atomic E-state index is 0.112. The minimum Gasteiger partial charge on any atom is -0.382 e. The zero-order valence-electron chi connectivity index (χ0n) is 9.65. The summed E-state index contributed by atoms with van der Waals surface area (Å²) in [7, 11) is 0. The molecule has 0 saturated heterocycles. The quantitative estimate of drug-likeness (QED) is 0.661. The second-order valence-electron chi connectivity index (χ2n) is 4.42.